The van der Waals surface area contributed by atoms with Crippen molar-refractivity contribution in [2.24, 2.45) is 0 Å². The number of nitrogens with one attached hydrogen (secondary N) is 1. The van der Waals surface area contributed by atoms with Gasteiger partial charge in [-0.15, -0.1) is 0 Å². The van der Waals surface area contributed by atoms with Crippen molar-refractivity contribution >= 4 is 11.7 Å². The molecule has 0 aromatic heterocycles. The monoisotopic (exact) mass is 251 g/mol. The molecule has 1 N–H and O–H groups in total. The predicted molar refractivity (Wildman–Crippen MR) is 71.9 cm³/mol. The lowest BCUT2D eigenvalue weighted by Crippen LogP contribution is -2.30. The highest BCUT2D eigenvalue weighted by Gasteiger charge is 2.16. The third-order valence-corrected chi connectivity index (χ3v) is 2.49. The molecule has 0 aliphatic carbocycles. The third-order valence-electron chi connectivity index (χ3n) is 2.49. The Balaban J connectivity index is 2.61. The van der Waals surface area contributed by atoms with Crippen molar-refractivity contribution in [1.82, 2.24) is 0 Å². The van der Waals surface area contributed by atoms with Crippen LogP contribution in [0.2, 0.25) is 0 Å². The van der Waals surface area contributed by atoms with Gasteiger partial charge < -0.3 is 14.8 Å². The summed E-state index contributed by atoms with van der Waals surface area (Å²) in [4.78, 5) is 11.6. The first-order valence-electron chi connectivity index (χ1n) is 6.37. The average molecular weight is 251 g/mol. The van der Waals surface area contributed by atoms with Gasteiger partial charge in [0, 0.05) is 5.69 Å². The van der Waals surface area contributed by atoms with Gasteiger partial charge in [0.15, 0.2) is 0 Å². The Bertz CT molecular complexity index is 362. The van der Waals surface area contributed by atoms with Crippen LogP contribution in [-0.2, 0) is 9.53 Å². The number of anilines is 1. The summed E-state index contributed by atoms with van der Waals surface area (Å²) in [5.41, 5.74) is 0.887. The first-order chi connectivity index (χ1) is 8.71. The highest BCUT2D eigenvalue weighted by atomic mass is 16.5. The van der Waals surface area contributed by atoms with E-state index in [1.807, 2.05) is 45.0 Å². The van der Waals surface area contributed by atoms with Crippen LogP contribution in [0, 0.1) is 0 Å². The van der Waals surface area contributed by atoms with Gasteiger partial charge in [-0.1, -0.05) is 6.92 Å². The molecule has 1 unspecified atom stereocenters. The SMILES string of the molecule is CCOC(=O)C(CC)Nc1ccc(OCC)cc1. The van der Waals surface area contributed by atoms with Gasteiger partial charge >= 0.3 is 5.97 Å². The minimum atomic E-state index is -0.303. The topological polar surface area (TPSA) is 47.6 Å². The van der Waals surface area contributed by atoms with Crippen molar-refractivity contribution in [3.63, 3.8) is 0 Å². The molecular formula is C14H21NO3. The van der Waals surface area contributed by atoms with Crippen molar-refractivity contribution in [2.75, 3.05) is 18.5 Å². The lowest BCUT2D eigenvalue weighted by molar-refractivity contribution is -0.144. The summed E-state index contributed by atoms with van der Waals surface area (Å²) < 4.78 is 10.4. The van der Waals surface area contributed by atoms with Crippen LogP contribution in [0.3, 0.4) is 0 Å². The number of esters is 1. The summed E-state index contributed by atoms with van der Waals surface area (Å²) in [7, 11) is 0. The molecule has 1 atom stereocenters. The van der Waals surface area contributed by atoms with Crippen molar-refractivity contribution < 1.29 is 14.3 Å². The van der Waals surface area contributed by atoms with Gasteiger partial charge in [-0.2, -0.15) is 0 Å². The van der Waals surface area contributed by atoms with E-state index in [1.165, 1.54) is 0 Å². The maximum atomic E-state index is 11.6. The predicted octanol–water partition coefficient (Wildman–Crippen LogP) is 2.84. The van der Waals surface area contributed by atoms with Crippen LogP contribution in [0.5, 0.6) is 5.75 Å². The molecule has 1 rings (SSSR count). The molecule has 0 fully saturated rings. The Labute approximate surface area is 108 Å². The smallest absolute Gasteiger partial charge is 0.328 e. The first kappa shape index (κ1) is 14.4. The molecule has 0 amide bonds. The van der Waals surface area contributed by atoms with E-state index in [1.54, 1.807) is 0 Å². The molecule has 0 aliphatic heterocycles. The Morgan fingerprint density at radius 3 is 2.33 bits per heavy atom. The Morgan fingerprint density at radius 1 is 1.17 bits per heavy atom. The quantitative estimate of drug-likeness (QED) is 0.757. The molecule has 4 nitrogen and oxygen atoms in total. The van der Waals surface area contributed by atoms with Crippen molar-refractivity contribution in [1.29, 1.82) is 0 Å². The van der Waals surface area contributed by atoms with Gasteiger partial charge in [0.25, 0.3) is 0 Å². The normalized spacial score (nSPS) is 11.7. The zero-order valence-corrected chi connectivity index (χ0v) is 11.2. The minimum Gasteiger partial charge on any atom is -0.494 e. The molecule has 0 saturated carbocycles. The second-order valence-corrected chi connectivity index (χ2v) is 3.81. The van der Waals surface area contributed by atoms with Gasteiger partial charge in [-0.25, -0.2) is 4.79 Å². The molecule has 0 aliphatic rings. The molecule has 1 aromatic carbocycles. The van der Waals surface area contributed by atoms with Crippen LogP contribution in [0.25, 0.3) is 0 Å². The second-order valence-electron chi connectivity index (χ2n) is 3.81. The summed E-state index contributed by atoms with van der Waals surface area (Å²) in [6, 6.07) is 7.25. The summed E-state index contributed by atoms with van der Waals surface area (Å²) in [5, 5.41) is 3.15. The van der Waals surface area contributed by atoms with E-state index < -0.39 is 0 Å². The van der Waals surface area contributed by atoms with Crippen LogP contribution in [-0.4, -0.2) is 25.2 Å². The molecule has 0 heterocycles. The number of rotatable bonds is 7. The molecule has 1 aromatic rings. The van der Waals surface area contributed by atoms with Crippen molar-refractivity contribution in [3.05, 3.63) is 24.3 Å². The molecule has 0 spiro atoms. The molecule has 0 bridgehead atoms. The zero-order valence-electron chi connectivity index (χ0n) is 11.2. The number of hydrogen-bond donors (Lipinski definition) is 1. The van der Waals surface area contributed by atoms with Gasteiger partial charge in [-0.3, -0.25) is 0 Å². The number of carbonyl (C=O) groups is 1. The summed E-state index contributed by atoms with van der Waals surface area (Å²) >= 11 is 0. The highest BCUT2D eigenvalue weighted by molar-refractivity contribution is 5.79. The van der Waals surface area contributed by atoms with Crippen LogP contribution in [0.1, 0.15) is 27.2 Å². The van der Waals surface area contributed by atoms with E-state index in [4.69, 9.17) is 9.47 Å². The maximum absolute atomic E-state index is 11.6. The van der Waals surface area contributed by atoms with Gasteiger partial charge in [-0.05, 0) is 44.5 Å². The summed E-state index contributed by atoms with van der Waals surface area (Å²) in [6.07, 6.45) is 0.687. The lowest BCUT2D eigenvalue weighted by atomic mass is 10.2. The van der Waals surface area contributed by atoms with E-state index >= 15 is 0 Å². The highest BCUT2D eigenvalue weighted by Crippen LogP contribution is 2.17. The van der Waals surface area contributed by atoms with Gasteiger partial charge in [0.05, 0.1) is 13.2 Å². The van der Waals surface area contributed by atoms with Crippen LogP contribution >= 0.6 is 0 Å². The molecule has 0 radical (unpaired) electrons. The number of benzene rings is 1. The lowest BCUT2D eigenvalue weighted by Gasteiger charge is -2.16. The fourth-order valence-corrected chi connectivity index (χ4v) is 1.59. The molecule has 18 heavy (non-hydrogen) atoms. The van der Waals surface area contributed by atoms with E-state index in [0.29, 0.717) is 19.6 Å². The van der Waals surface area contributed by atoms with Crippen LogP contribution in [0.4, 0.5) is 5.69 Å². The van der Waals surface area contributed by atoms with E-state index in [2.05, 4.69) is 5.32 Å². The molecular weight excluding hydrogens is 230 g/mol. The van der Waals surface area contributed by atoms with Crippen molar-refractivity contribution in [2.45, 2.75) is 33.2 Å². The zero-order chi connectivity index (χ0) is 13.4. The second kappa shape index (κ2) is 7.58. The maximum Gasteiger partial charge on any atom is 0.328 e. The average Bonchev–Trinajstić information content (AvgIpc) is 2.38. The summed E-state index contributed by atoms with van der Waals surface area (Å²) in [5.74, 6) is 0.612. The Hall–Kier alpha value is -1.71. The Morgan fingerprint density at radius 2 is 1.83 bits per heavy atom. The molecule has 4 heteroatoms. The van der Waals surface area contributed by atoms with Crippen LogP contribution in [0.15, 0.2) is 24.3 Å². The number of hydrogen-bond acceptors (Lipinski definition) is 4. The fourth-order valence-electron chi connectivity index (χ4n) is 1.59. The van der Waals surface area contributed by atoms with Crippen molar-refractivity contribution in [3.8, 4) is 5.75 Å². The number of carbonyl (C=O) groups excluding carboxylic acids is 1. The fraction of sp³-hybridized carbons (Fsp3) is 0.500. The van der Waals surface area contributed by atoms with Gasteiger partial charge in [0.2, 0.25) is 0 Å². The van der Waals surface area contributed by atoms with E-state index in [9.17, 15) is 4.79 Å². The first-order valence-corrected chi connectivity index (χ1v) is 6.37. The van der Waals surface area contributed by atoms with E-state index in [0.717, 1.165) is 11.4 Å². The molecule has 100 valence electrons. The standard InChI is InChI=1S/C14H21NO3/c1-4-13(14(16)18-6-3)15-11-7-9-12(10-8-11)17-5-2/h7-10,13,15H,4-6H2,1-3H3. The van der Waals surface area contributed by atoms with E-state index in [-0.39, 0.29) is 12.0 Å². The Kier molecular flexibility index (Phi) is 6.05. The summed E-state index contributed by atoms with van der Waals surface area (Å²) in [6.45, 7) is 6.75. The molecule has 0 saturated heterocycles. The largest absolute Gasteiger partial charge is 0.494 e. The van der Waals surface area contributed by atoms with Gasteiger partial charge in [0.1, 0.15) is 11.8 Å². The number of ether oxygens (including phenoxy) is 2. The minimum absolute atomic E-state index is 0.214. The third kappa shape index (κ3) is 4.28. The van der Waals surface area contributed by atoms with Crippen LogP contribution < -0.4 is 10.1 Å².